The number of carbonyl (C=O) groups is 3. The van der Waals surface area contributed by atoms with Gasteiger partial charge in [0.2, 0.25) is 5.91 Å². The minimum atomic E-state index is -1.09. The summed E-state index contributed by atoms with van der Waals surface area (Å²) >= 11 is 0. The van der Waals surface area contributed by atoms with Gasteiger partial charge in [-0.1, -0.05) is 48.5 Å². The van der Waals surface area contributed by atoms with Crippen molar-refractivity contribution in [3.05, 3.63) is 71.9 Å². The number of amides is 4. The molecule has 7 nitrogen and oxygen atoms in total. The second-order valence-electron chi connectivity index (χ2n) is 7.46. The van der Waals surface area contributed by atoms with Crippen molar-refractivity contribution in [2.75, 3.05) is 0 Å². The normalized spacial score (nSPS) is 18.9. The molecule has 3 aromatic rings. The van der Waals surface area contributed by atoms with Crippen molar-refractivity contribution >= 4 is 28.7 Å². The van der Waals surface area contributed by atoms with Crippen LogP contribution in [0.25, 0.3) is 10.9 Å². The number of hydrazine groups is 1. The maximum atomic E-state index is 12.8. The van der Waals surface area contributed by atoms with E-state index in [9.17, 15) is 14.4 Å². The van der Waals surface area contributed by atoms with Gasteiger partial charge < -0.3 is 10.3 Å². The third kappa shape index (κ3) is 3.71. The van der Waals surface area contributed by atoms with E-state index in [1.54, 1.807) is 6.92 Å². The summed E-state index contributed by atoms with van der Waals surface area (Å²) < 4.78 is 0. The smallest absolute Gasteiger partial charge is 0.344 e. The summed E-state index contributed by atoms with van der Waals surface area (Å²) in [5.41, 5.74) is 4.31. The van der Waals surface area contributed by atoms with E-state index in [1.165, 1.54) is 0 Å². The maximum absolute atomic E-state index is 12.8. The first-order valence-corrected chi connectivity index (χ1v) is 9.51. The van der Waals surface area contributed by atoms with Crippen molar-refractivity contribution in [2.45, 2.75) is 31.7 Å². The van der Waals surface area contributed by atoms with Crippen molar-refractivity contribution < 1.29 is 14.4 Å². The Labute approximate surface area is 168 Å². The molecule has 0 aliphatic carbocycles. The lowest BCUT2D eigenvalue weighted by Gasteiger charge is -2.21. The number of H-pyrrole nitrogens is 1. The summed E-state index contributed by atoms with van der Waals surface area (Å²) in [6.45, 7) is 1.67. The molecule has 0 saturated carbocycles. The number of para-hydroxylation sites is 1. The molecule has 1 aliphatic heterocycles. The van der Waals surface area contributed by atoms with Gasteiger partial charge in [-0.15, -0.1) is 0 Å². The number of imide groups is 1. The number of urea groups is 1. The highest BCUT2D eigenvalue weighted by molar-refractivity contribution is 6.07. The summed E-state index contributed by atoms with van der Waals surface area (Å²) in [7, 11) is 0. The van der Waals surface area contributed by atoms with Gasteiger partial charge in [0.1, 0.15) is 5.54 Å². The molecule has 1 aliphatic rings. The van der Waals surface area contributed by atoms with E-state index in [-0.39, 0.29) is 12.3 Å². The van der Waals surface area contributed by atoms with E-state index < -0.39 is 17.5 Å². The zero-order chi connectivity index (χ0) is 20.4. The number of aromatic amines is 1. The van der Waals surface area contributed by atoms with Gasteiger partial charge >= 0.3 is 6.03 Å². The van der Waals surface area contributed by atoms with Crippen molar-refractivity contribution in [3.8, 4) is 0 Å². The number of carbonyl (C=O) groups excluding carboxylic acids is 3. The van der Waals surface area contributed by atoms with E-state index in [2.05, 4.69) is 15.7 Å². The summed E-state index contributed by atoms with van der Waals surface area (Å²) in [6, 6.07) is 16.7. The van der Waals surface area contributed by atoms with Crippen molar-refractivity contribution in [1.29, 1.82) is 0 Å². The van der Waals surface area contributed by atoms with Crippen LogP contribution in [0.2, 0.25) is 0 Å². The van der Waals surface area contributed by atoms with Crippen LogP contribution in [0.15, 0.2) is 60.8 Å². The summed E-state index contributed by atoms with van der Waals surface area (Å²) in [6.07, 6.45) is 2.89. The summed E-state index contributed by atoms with van der Waals surface area (Å²) in [4.78, 5) is 40.7. The number of rotatable bonds is 6. The highest BCUT2D eigenvalue weighted by atomic mass is 16.2. The average Bonchev–Trinajstić information content (AvgIpc) is 3.21. The van der Waals surface area contributed by atoms with E-state index in [4.69, 9.17) is 0 Å². The predicted molar refractivity (Wildman–Crippen MR) is 109 cm³/mol. The standard InChI is InChI=1S/C22H22N4O3/c1-22(13-15-7-3-2-4-8-15)20(28)26(21(29)24-22)25-19(27)12-11-16-14-23-18-10-6-5-9-17(16)18/h2-10,14,23H,11-13H2,1H3,(H,24,29)(H,25,27). The number of nitrogens with zero attached hydrogens (tertiary/aromatic N) is 1. The fourth-order valence-corrected chi connectivity index (χ4v) is 3.68. The molecule has 3 N–H and O–H groups in total. The quantitative estimate of drug-likeness (QED) is 0.565. The molecule has 1 fully saturated rings. The first-order valence-electron chi connectivity index (χ1n) is 9.51. The van der Waals surface area contributed by atoms with Gasteiger partial charge in [0, 0.05) is 29.9 Å². The van der Waals surface area contributed by atoms with Gasteiger partial charge in [-0.3, -0.25) is 15.0 Å². The molecule has 2 heterocycles. The largest absolute Gasteiger partial charge is 0.361 e. The molecule has 1 aromatic heterocycles. The molecule has 1 saturated heterocycles. The fraction of sp³-hybridized carbons (Fsp3) is 0.227. The third-order valence-corrected chi connectivity index (χ3v) is 5.19. The van der Waals surface area contributed by atoms with E-state index >= 15 is 0 Å². The first kappa shape index (κ1) is 18.7. The number of hydrogen-bond acceptors (Lipinski definition) is 3. The van der Waals surface area contributed by atoms with Gasteiger partial charge in [-0.25, -0.2) is 4.79 Å². The highest BCUT2D eigenvalue weighted by Crippen LogP contribution is 2.22. The van der Waals surface area contributed by atoms with Crippen LogP contribution in [0.3, 0.4) is 0 Å². The van der Waals surface area contributed by atoms with E-state index in [0.29, 0.717) is 12.8 Å². The van der Waals surface area contributed by atoms with E-state index in [0.717, 1.165) is 27.0 Å². The number of hydrogen-bond donors (Lipinski definition) is 3. The molecular weight excluding hydrogens is 368 g/mol. The van der Waals surface area contributed by atoms with E-state index in [1.807, 2.05) is 60.8 Å². The molecule has 29 heavy (non-hydrogen) atoms. The van der Waals surface area contributed by atoms with Gasteiger partial charge in [-0.2, -0.15) is 5.01 Å². The van der Waals surface area contributed by atoms with Crippen LogP contribution in [0.4, 0.5) is 4.79 Å². The molecule has 7 heteroatoms. The fourth-order valence-electron chi connectivity index (χ4n) is 3.68. The monoisotopic (exact) mass is 390 g/mol. The van der Waals surface area contributed by atoms with Gasteiger partial charge in [0.05, 0.1) is 0 Å². The van der Waals surface area contributed by atoms with Crippen LogP contribution in [-0.2, 0) is 22.4 Å². The molecule has 0 radical (unpaired) electrons. The molecule has 1 unspecified atom stereocenters. The molecule has 148 valence electrons. The summed E-state index contributed by atoms with van der Waals surface area (Å²) in [5, 5.41) is 4.55. The first-order chi connectivity index (χ1) is 14.0. The van der Waals surface area contributed by atoms with Gasteiger partial charge in [-0.05, 0) is 30.5 Å². The zero-order valence-corrected chi connectivity index (χ0v) is 16.1. The SMILES string of the molecule is CC1(Cc2ccccc2)NC(=O)N(NC(=O)CCc2c[nH]c3ccccc23)C1=O. The molecule has 0 spiro atoms. The van der Waals surface area contributed by atoms with Crippen LogP contribution in [0, 0.1) is 0 Å². The average molecular weight is 390 g/mol. The Kier molecular flexibility index (Phi) is 4.80. The predicted octanol–water partition coefficient (Wildman–Crippen LogP) is 2.68. The number of fused-ring (bicyclic) bond motifs is 1. The maximum Gasteiger partial charge on any atom is 0.344 e. The molecule has 0 bridgehead atoms. The Morgan fingerprint density at radius 1 is 1.07 bits per heavy atom. The van der Waals surface area contributed by atoms with Crippen molar-refractivity contribution in [3.63, 3.8) is 0 Å². The topological polar surface area (TPSA) is 94.3 Å². The molecule has 4 amide bonds. The minimum Gasteiger partial charge on any atom is -0.361 e. The Hall–Kier alpha value is -3.61. The highest BCUT2D eigenvalue weighted by Gasteiger charge is 2.48. The van der Waals surface area contributed by atoms with Crippen LogP contribution < -0.4 is 10.7 Å². The number of benzene rings is 2. The lowest BCUT2D eigenvalue weighted by Crippen LogP contribution is -2.49. The van der Waals surface area contributed by atoms with Gasteiger partial charge in [0.25, 0.3) is 5.91 Å². The Bertz CT molecular complexity index is 1080. The second kappa shape index (κ2) is 7.43. The van der Waals surface area contributed by atoms with Crippen LogP contribution >= 0.6 is 0 Å². The second-order valence-corrected chi connectivity index (χ2v) is 7.46. The zero-order valence-electron chi connectivity index (χ0n) is 16.1. The molecule has 1 atom stereocenters. The Morgan fingerprint density at radius 3 is 2.59 bits per heavy atom. The summed E-state index contributed by atoms with van der Waals surface area (Å²) in [5.74, 6) is -0.852. The van der Waals surface area contributed by atoms with Crippen molar-refractivity contribution in [1.82, 2.24) is 20.7 Å². The number of aryl methyl sites for hydroxylation is 1. The van der Waals surface area contributed by atoms with Crippen molar-refractivity contribution in [2.24, 2.45) is 0 Å². The van der Waals surface area contributed by atoms with Gasteiger partial charge in [0.15, 0.2) is 0 Å². The Morgan fingerprint density at radius 2 is 1.79 bits per heavy atom. The van der Waals surface area contributed by atoms with Crippen LogP contribution in [-0.4, -0.2) is 33.4 Å². The Balaban J connectivity index is 1.39. The lowest BCUT2D eigenvalue weighted by atomic mass is 9.93. The molecule has 4 rings (SSSR count). The molecule has 2 aromatic carbocycles. The van der Waals surface area contributed by atoms with Crippen LogP contribution in [0.1, 0.15) is 24.5 Å². The van der Waals surface area contributed by atoms with Crippen LogP contribution in [0.5, 0.6) is 0 Å². The third-order valence-electron chi connectivity index (χ3n) is 5.19. The number of aromatic nitrogens is 1. The number of nitrogens with one attached hydrogen (secondary N) is 3. The minimum absolute atomic E-state index is 0.161. The molecular formula is C22H22N4O3. The lowest BCUT2D eigenvalue weighted by molar-refractivity contribution is -0.138.